The number of benzene rings is 1. The zero-order valence-corrected chi connectivity index (χ0v) is 12.9. The molecule has 3 nitrogen and oxygen atoms in total. The van der Waals surface area contributed by atoms with Crippen LogP contribution in [-0.2, 0) is 4.74 Å². The van der Waals surface area contributed by atoms with Gasteiger partial charge in [-0.2, -0.15) is 0 Å². The van der Waals surface area contributed by atoms with Crippen LogP contribution in [0, 0.1) is 5.92 Å². The number of hydrogen-bond acceptors (Lipinski definition) is 3. The first-order valence-corrected chi connectivity index (χ1v) is 7.11. The lowest BCUT2D eigenvalue weighted by Gasteiger charge is -2.22. The summed E-state index contributed by atoms with van der Waals surface area (Å²) in [5.74, 6) is 0.688. The van der Waals surface area contributed by atoms with Crippen LogP contribution in [0.2, 0.25) is 0 Å². The number of anilines is 1. The second-order valence-corrected chi connectivity index (χ2v) is 5.54. The second-order valence-electron chi connectivity index (χ2n) is 5.10. The van der Waals surface area contributed by atoms with Crippen molar-refractivity contribution in [2.24, 2.45) is 11.7 Å². The van der Waals surface area contributed by atoms with Gasteiger partial charge in [0.2, 0.25) is 0 Å². The summed E-state index contributed by atoms with van der Waals surface area (Å²) in [6.07, 6.45) is 1.10. The SMILES string of the molecule is CC(C)CCOCCN(C)c1ccccc1C(N)=S. The van der Waals surface area contributed by atoms with Crippen molar-refractivity contribution in [2.75, 3.05) is 31.7 Å². The molecule has 0 aliphatic carbocycles. The molecule has 0 saturated carbocycles. The summed E-state index contributed by atoms with van der Waals surface area (Å²) in [6, 6.07) is 7.93. The Hall–Kier alpha value is -1.13. The summed E-state index contributed by atoms with van der Waals surface area (Å²) < 4.78 is 5.63. The van der Waals surface area contributed by atoms with Crippen LogP contribution in [0.3, 0.4) is 0 Å². The van der Waals surface area contributed by atoms with Crippen molar-refractivity contribution in [3.63, 3.8) is 0 Å². The molecule has 2 N–H and O–H groups in total. The molecule has 0 atom stereocenters. The molecular formula is C15H24N2OS. The fourth-order valence-electron chi connectivity index (χ4n) is 1.76. The summed E-state index contributed by atoms with van der Waals surface area (Å²) in [4.78, 5) is 2.56. The molecule has 0 fully saturated rings. The second kappa shape index (κ2) is 8.12. The number of nitrogens with zero attached hydrogens (tertiary/aromatic N) is 1. The lowest BCUT2D eigenvalue weighted by Crippen LogP contribution is -2.25. The number of rotatable bonds is 8. The minimum Gasteiger partial charge on any atom is -0.389 e. The quantitative estimate of drug-likeness (QED) is 0.587. The first kappa shape index (κ1) is 15.9. The highest BCUT2D eigenvalue weighted by Crippen LogP contribution is 2.18. The molecule has 0 heterocycles. The summed E-state index contributed by atoms with van der Waals surface area (Å²) in [7, 11) is 2.03. The average Bonchev–Trinajstić information content (AvgIpc) is 2.37. The molecule has 0 amide bonds. The van der Waals surface area contributed by atoms with Crippen molar-refractivity contribution in [1.82, 2.24) is 0 Å². The van der Waals surface area contributed by atoms with E-state index in [4.69, 9.17) is 22.7 Å². The lowest BCUT2D eigenvalue weighted by atomic mass is 10.1. The smallest absolute Gasteiger partial charge is 0.106 e. The van der Waals surface area contributed by atoms with Crippen LogP contribution in [0.4, 0.5) is 5.69 Å². The third-order valence-electron chi connectivity index (χ3n) is 2.99. The minimum absolute atomic E-state index is 0.433. The number of ether oxygens (including phenoxy) is 1. The highest BCUT2D eigenvalue weighted by atomic mass is 32.1. The number of nitrogens with two attached hydrogens (primary N) is 1. The normalized spacial score (nSPS) is 10.7. The summed E-state index contributed by atoms with van der Waals surface area (Å²) in [5.41, 5.74) is 7.71. The van der Waals surface area contributed by atoms with E-state index in [9.17, 15) is 0 Å². The molecule has 0 aliphatic heterocycles. The van der Waals surface area contributed by atoms with Gasteiger partial charge in [-0.1, -0.05) is 38.2 Å². The van der Waals surface area contributed by atoms with Crippen LogP contribution in [0.15, 0.2) is 24.3 Å². The molecule has 0 unspecified atom stereocenters. The Balaban J connectivity index is 2.45. The molecule has 1 aromatic carbocycles. The number of para-hydroxylation sites is 1. The van der Waals surface area contributed by atoms with Crippen LogP contribution in [-0.4, -0.2) is 31.8 Å². The monoisotopic (exact) mass is 280 g/mol. The fourth-order valence-corrected chi connectivity index (χ4v) is 1.93. The molecule has 0 bridgehead atoms. The maximum absolute atomic E-state index is 5.74. The van der Waals surface area contributed by atoms with Crippen molar-refractivity contribution in [1.29, 1.82) is 0 Å². The van der Waals surface area contributed by atoms with Crippen molar-refractivity contribution >= 4 is 22.9 Å². The summed E-state index contributed by atoms with van der Waals surface area (Å²) >= 11 is 5.07. The van der Waals surface area contributed by atoms with Crippen LogP contribution >= 0.6 is 12.2 Å². The summed E-state index contributed by atoms with van der Waals surface area (Å²) in [5, 5.41) is 0. The number of hydrogen-bond donors (Lipinski definition) is 1. The maximum Gasteiger partial charge on any atom is 0.106 e. The van der Waals surface area contributed by atoms with Crippen LogP contribution in [0.1, 0.15) is 25.8 Å². The predicted octanol–water partition coefficient (Wildman–Crippen LogP) is 2.82. The molecule has 0 aliphatic rings. The Labute approximate surface area is 121 Å². The summed E-state index contributed by atoms with van der Waals surface area (Å²) in [6.45, 7) is 6.77. The van der Waals surface area contributed by atoms with Crippen LogP contribution in [0.25, 0.3) is 0 Å². The lowest BCUT2D eigenvalue weighted by molar-refractivity contribution is 0.130. The average molecular weight is 280 g/mol. The van der Waals surface area contributed by atoms with E-state index < -0.39 is 0 Å². The molecule has 106 valence electrons. The third-order valence-corrected chi connectivity index (χ3v) is 3.21. The highest BCUT2D eigenvalue weighted by molar-refractivity contribution is 7.80. The van der Waals surface area contributed by atoms with E-state index in [1.54, 1.807) is 0 Å². The van der Waals surface area contributed by atoms with E-state index in [0.717, 1.165) is 37.4 Å². The van der Waals surface area contributed by atoms with Gasteiger partial charge in [-0.3, -0.25) is 0 Å². The van der Waals surface area contributed by atoms with Gasteiger partial charge in [-0.15, -0.1) is 0 Å². The van der Waals surface area contributed by atoms with E-state index in [2.05, 4.69) is 18.7 Å². The Bertz CT molecular complexity index is 407. The number of likely N-dealkylation sites (N-methyl/N-ethyl adjacent to an activating group) is 1. The van der Waals surface area contributed by atoms with Gasteiger partial charge < -0.3 is 15.4 Å². The van der Waals surface area contributed by atoms with Gasteiger partial charge >= 0.3 is 0 Å². The maximum atomic E-state index is 5.74. The van der Waals surface area contributed by atoms with Crippen LogP contribution < -0.4 is 10.6 Å². The fraction of sp³-hybridized carbons (Fsp3) is 0.533. The van der Waals surface area contributed by atoms with Gasteiger partial charge in [-0.05, 0) is 24.5 Å². The Morgan fingerprint density at radius 2 is 2.00 bits per heavy atom. The van der Waals surface area contributed by atoms with Gasteiger partial charge in [0.05, 0.1) is 6.61 Å². The molecule has 1 rings (SSSR count). The zero-order chi connectivity index (χ0) is 14.3. The Morgan fingerprint density at radius 3 is 2.63 bits per heavy atom. The van der Waals surface area contributed by atoms with E-state index in [1.807, 2.05) is 31.3 Å². The highest BCUT2D eigenvalue weighted by Gasteiger charge is 2.08. The van der Waals surface area contributed by atoms with Gasteiger partial charge in [-0.25, -0.2) is 0 Å². The molecule has 0 aromatic heterocycles. The minimum atomic E-state index is 0.433. The topological polar surface area (TPSA) is 38.5 Å². The standard InChI is InChI=1S/C15H24N2OS/c1-12(2)8-10-18-11-9-17(3)14-7-5-4-6-13(14)15(16)19/h4-7,12H,8-11H2,1-3H3,(H2,16,19). The van der Waals surface area contributed by atoms with Gasteiger partial charge in [0.25, 0.3) is 0 Å². The first-order valence-electron chi connectivity index (χ1n) is 6.70. The largest absolute Gasteiger partial charge is 0.389 e. The third kappa shape index (κ3) is 5.57. The van der Waals surface area contributed by atoms with Gasteiger partial charge in [0.15, 0.2) is 0 Å². The van der Waals surface area contributed by atoms with Crippen molar-refractivity contribution < 1.29 is 4.74 Å². The molecule has 4 heteroatoms. The van der Waals surface area contributed by atoms with Gasteiger partial charge in [0, 0.05) is 31.5 Å². The molecule has 19 heavy (non-hydrogen) atoms. The Morgan fingerprint density at radius 1 is 1.32 bits per heavy atom. The van der Waals surface area contributed by atoms with Crippen molar-refractivity contribution in [3.8, 4) is 0 Å². The van der Waals surface area contributed by atoms with Crippen LogP contribution in [0.5, 0.6) is 0 Å². The Kier molecular flexibility index (Phi) is 6.81. The number of thiocarbonyl (C=S) groups is 1. The molecule has 0 saturated heterocycles. The molecule has 1 aromatic rings. The van der Waals surface area contributed by atoms with Crippen molar-refractivity contribution in [2.45, 2.75) is 20.3 Å². The van der Waals surface area contributed by atoms with E-state index in [1.165, 1.54) is 0 Å². The van der Waals surface area contributed by atoms with Gasteiger partial charge in [0.1, 0.15) is 4.99 Å². The van der Waals surface area contributed by atoms with E-state index in [0.29, 0.717) is 10.9 Å². The molecule has 0 spiro atoms. The van der Waals surface area contributed by atoms with Crippen molar-refractivity contribution in [3.05, 3.63) is 29.8 Å². The first-order chi connectivity index (χ1) is 9.02. The van der Waals surface area contributed by atoms with E-state index in [-0.39, 0.29) is 0 Å². The van der Waals surface area contributed by atoms with E-state index >= 15 is 0 Å². The molecule has 0 radical (unpaired) electrons. The molecular weight excluding hydrogens is 256 g/mol. The predicted molar refractivity (Wildman–Crippen MR) is 85.9 cm³/mol. The zero-order valence-electron chi connectivity index (χ0n) is 12.1.